The molecule has 1 amide bonds. The molecule has 1 aliphatic rings. The lowest BCUT2D eigenvalue weighted by Crippen LogP contribution is -2.43. The first-order valence-electron chi connectivity index (χ1n) is 6.56. The van der Waals surface area contributed by atoms with Crippen LogP contribution in [-0.2, 0) is 16.0 Å². The number of amides is 1. The Bertz CT molecular complexity index is 533. The van der Waals surface area contributed by atoms with E-state index in [-0.39, 0.29) is 0 Å². The zero-order valence-electron chi connectivity index (χ0n) is 11.4. The van der Waals surface area contributed by atoms with Crippen LogP contribution in [0.2, 0.25) is 5.02 Å². The normalized spacial score (nSPS) is 16.5. The number of nitrogens with zero attached hydrogens (tertiary/aromatic N) is 1. The van der Waals surface area contributed by atoms with E-state index in [4.69, 9.17) is 11.6 Å². The predicted octanol–water partition coefficient (Wildman–Crippen LogP) is 3.59. The molecule has 0 aliphatic carbocycles. The van der Waals surface area contributed by atoms with Crippen LogP contribution in [0.1, 0.15) is 18.9 Å². The molecule has 21 heavy (non-hydrogen) atoms. The van der Waals surface area contributed by atoms with Crippen LogP contribution >= 0.6 is 11.6 Å². The van der Waals surface area contributed by atoms with Crippen molar-refractivity contribution >= 4 is 23.2 Å². The number of ether oxygens (including phenoxy) is 1. The Kier molecular flexibility index (Phi) is 4.78. The highest BCUT2D eigenvalue weighted by atomic mass is 35.5. The Hall–Kier alpha value is -1.27. The van der Waals surface area contributed by atoms with Gasteiger partial charge in [0.2, 0.25) is 0 Å². The second kappa shape index (κ2) is 6.23. The van der Waals surface area contributed by atoms with E-state index in [9.17, 15) is 18.0 Å². The lowest BCUT2D eigenvalue weighted by atomic mass is 10.0. The fourth-order valence-electron chi connectivity index (χ4n) is 2.30. The highest BCUT2D eigenvalue weighted by Crippen LogP contribution is 2.30. The molecule has 7 heteroatoms. The van der Waals surface area contributed by atoms with E-state index in [1.165, 1.54) is 11.8 Å². The van der Waals surface area contributed by atoms with Crippen molar-refractivity contribution in [2.75, 3.05) is 18.1 Å². The Morgan fingerprint density at radius 1 is 1.48 bits per heavy atom. The van der Waals surface area contributed by atoms with E-state index >= 15 is 0 Å². The van der Waals surface area contributed by atoms with Gasteiger partial charge < -0.3 is 9.64 Å². The number of hydrogen-bond acceptors (Lipinski definition) is 2. The number of fused-ring (bicyclic) bond motifs is 1. The first kappa shape index (κ1) is 16.1. The van der Waals surface area contributed by atoms with Gasteiger partial charge in [-0.1, -0.05) is 11.6 Å². The number of carbonyl (C=O) groups excluding carboxylic acids is 1. The summed E-state index contributed by atoms with van der Waals surface area (Å²) >= 11 is 5.91. The third kappa shape index (κ3) is 4.11. The average molecular weight is 322 g/mol. The zero-order valence-corrected chi connectivity index (χ0v) is 12.2. The highest BCUT2D eigenvalue weighted by molar-refractivity contribution is 6.30. The van der Waals surface area contributed by atoms with Gasteiger partial charge in [-0.05, 0) is 43.5 Å². The summed E-state index contributed by atoms with van der Waals surface area (Å²) in [5.74, 6) is -0.470. The molecule has 1 aromatic carbocycles. The lowest BCUT2D eigenvalue weighted by molar-refractivity contribution is -0.185. The third-order valence-electron chi connectivity index (χ3n) is 3.27. The van der Waals surface area contributed by atoms with E-state index in [0.29, 0.717) is 17.3 Å². The Morgan fingerprint density at radius 3 is 2.86 bits per heavy atom. The zero-order chi connectivity index (χ0) is 15.6. The van der Waals surface area contributed by atoms with E-state index in [2.05, 4.69) is 4.74 Å². The fourth-order valence-corrected chi connectivity index (χ4v) is 2.50. The molecule has 0 saturated heterocycles. The molecule has 1 heterocycles. The molecule has 1 aromatic rings. The predicted molar refractivity (Wildman–Crippen MR) is 73.6 cm³/mol. The van der Waals surface area contributed by atoms with Crippen molar-refractivity contribution in [2.24, 2.45) is 0 Å². The molecule has 0 bridgehead atoms. The molecule has 3 nitrogen and oxygen atoms in total. The largest absolute Gasteiger partial charge is 0.411 e. The molecule has 1 atom stereocenters. The summed E-state index contributed by atoms with van der Waals surface area (Å²) < 4.78 is 41.0. The molecule has 0 aromatic heterocycles. The van der Waals surface area contributed by atoms with Gasteiger partial charge in [0.1, 0.15) is 12.7 Å². The minimum atomic E-state index is -4.44. The summed E-state index contributed by atoms with van der Waals surface area (Å²) in [6.07, 6.45) is -4.06. The molecule has 0 radical (unpaired) electrons. The summed E-state index contributed by atoms with van der Waals surface area (Å²) in [6.45, 7) is 0.368. The van der Waals surface area contributed by atoms with Gasteiger partial charge in [-0.15, -0.1) is 0 Å². The van der Waals surface area contributed by atoms with Crippen molar-refractivity contribution in [3.8, 4) is 0 Å². The summed E-state index contributed by atoms with van der Waals surface area (Å²) in [4.78, 5) is 13.7. The second-order valence-electron chi connectivity index (χ2n) is 4.93. The van der Waals surface area contributed by atoms with Crippen LogP contribution in [0, 0.1) is 0 Å². The van der Waals surface area contributed by atoms with Gasteiger partial charge in [-0.25, -0.2) is 0 Å². The number of anilines is 1. The molecule has 116 valence electrons. The molecule has 0 fully saturated rings. The summed E-state index contributed by atoms with van der Waals surface area (Å²) in [5, 5.41) is 0.574. The lowest BCUT2D eigenvalue weighted by Gasteiger charge is -2.31. The van der Waals surface area contributed by atoms with Crippen LogP contribution in [0.3, 0.4) is 0 Å². The topological polar surface area (TPSA) is 29.5 Å². The quantitative estimate of drug-likeness (QED) is 0.851. The van der Waals surface area contributed by atoms with Gasteiger partial charge in [-0.3, -0.25) is 4.79 Å². The summed E-state index contributed by atoms with van der Waals surface area (Å²) in [5.41, 5.74) is 1.61. The highest BCUT2D eigenvalue weighted by Gasteiger charge is 2.32. The van der Waals surface area contributed by atoms with Gasteiger partial charge in [0.05, 0.1) is 0 Å². The third-order valence-corrected chi connectivity index (χ3v) is 3.51. The standard InChI is InChI=1S/C14H15ClF3NO2/c1-9(21-8-14(16,17)18)13(20)19-6-2-3-10-7-11(15)4-5-12(10)19/h4-5,7,9H,2-3,6,8H2,1H3. The number of alkyl halides is 3. The van der Waals surface area contributed by atoms with Gasteiger partial charge in [-0.2, -0.15) is 13.2 Å². The Labute approximate surface area is 125 Å². The van der Waals surface area contributed by atoms with Crippen molar-refractivity contribution in [1.29, 1.82) is 0 Å². The van der Waals surface area contributed by atoms with E-state index < -0.39 is 24.8 Å². The fraction of sp³-hybridized carbons (Fsp3) is 0.500. The van der Waals surface area contributed by atoms with E-state index in [1.54, 1.807) is 18.2 Å². The van der Waals surface area contributed by atoms with E-state index in [1.807, 2.05) is 0 Å². The van der Waals surface area contributed by atoms with Crippen LogP contribution in [-0.4, -0.2) is 31.3 Å². The summed E-state index contributed by atoms with van der Waals surface area (Å²) in [6, 6.07) is 5.15. The maximum absolute atomic E-state index is 12.3. The maximum atomic E-state index is 12.3. The number of halogens is 4. The molecular formula is C14H15ClF3NO2. The number of hydrogen-bond donors (Lipinski definition) is 0. The van der Waals surface area contributed by atoms with Crippen molar-refractivity contribution in [3.05, 3.63) is 28.8 Å². The van der Waals surface area contributed by atoms with Gasteiger partial charge in [0, 0.05) is 17.3 Å². The second-order valence-corrected chi connectivity index (χ2v) is 5.37. The van der Waals surface area contributed by atoms with Crippen molar-refractivity contribution in [3.63, 3.8) is 0 Å². The van der Waals surface area contributed by atoms with Crippen LogP contribution in [0.15, 0.2) is 18.2 Å². The first-order valence-corrected chi connectivity index (χ1v) is 6.94. The smallest absolute Gasteiger partial charge is 0.359 e. The van der Waals surface area contributed by atoms with Crippen molar-refractivity contribution in [2.45, 2.75) is 32.0 Å². The Balaban J connectivity index is 2.10. The van der Waals surface area contributed by atoms with E-state index in [0.717, 1.165) is 18.4 Å². The number of rotatable bonds is 3. The number of aryl methyl sites for hydroxylation is 1. The SMILES string of the molecule is CC(OCC(F)(F)F)C(=O)N1CCCc2cc(Cl)ccc21. The van der Waals surface area contributed by atoms with Crippen molar-refractivity contribution < 1.29 is 22.7 Å². The molecule has 0 saturated carbocycles. The van der Waals surface area contributed by atoms with Gasteiger partial charge in [0.25, 0.3) is 5.91 Å². The molecule has 2 rings (SSSR count). The minimum Gasteiger partial charge on any atom is -0.359 e. The van der Waals surface area contributed by atoms with Crippen molar-refractivity contribution in [1.82, 2.24) is 0 Å². The van der Waals surface area contributed by atoms with Crippen LogP contribution in [0.5, 0.6) is 0 Å². The maximum Gasteiger partial charge on any atom is 0.411 e. The molecule has 1 unspecified atom stereocenters. The monoisotopic (exact) mass is 321 g/mol. The number of benzene rings is 1. The van der Waals surface area contributed by atoms with Gasteiger partial charge >= 0.3 is 6.18 Å². The molecule has 0 spiro atoms. The molecule has 0 N–H and O–H groups in total. The molecule has 1 aliphatic heterocycles. The van der Waals surface area contributed by atoms with Gasteiger partial charge in [0.15, 0.2) is 0 Å². The average Bonchev–Trinajstić information content (AvgIpc) is 2.42. The van der Waals surface area contributed by atoms with Crippen LogP contribution in [0.25, 0.3) is 0 Å². The minimum absolute atomic E-state index is 0.465. The van der Waals surface area contributed by atoms with Crippen LogP contribution in [0.4, 0.5) is 18.9 Å². The molecular weight excluding hydrogens is 307 g/mol. The first-order chi connectivity index (χ1) is 9.78. The number of carbonyl (C=O) groups is 1. The summed E-state index contributed by atoms with van der Waals surface area (Å²) in [7, 11) is 0. The van der Waals surface area contributed by atoms with Crippen LogP contribution < -0.4 is 4.90 Å². The Morgan fingerprint density at radius 2 is 2.19 bits per heavy atom.